The number of nitrogens with zero attached hydrogens (tertiary/aromatic N) is 2. The van der Waals surface area contributed by atoms with Crippen molar-refractivity contribution in [3.63, 3.8) is 0 Å². The van der Waals surface area contributed by atoms with Crippen LogP contribution in [0.1, 0.15) is 5.56 Å². The van der Waals surface area contributed by atoms with Crippen LogP contribution in [0.15, 0.2) is 58.9 Å². The van der Waals surface area contributed by atoms with E-state index in [2.05, 4.69) is 9.98 Å². The van der Waals surface area contributed by atoms with E-state index in [9.17, 15) is 0 Å². The van der Waals surface area contributed by atoms with Crippen LogP contribution in [0, 0.1) is 0 Å². The third-order valence-electron chi connectivity index (χ3n) is 3.28. The summed E-state index contributed by atoms with van der Waals surface area (Å²) in [5.74, 6) is 1.53. The summed E-state index contributed by atoms with van der Waals surface area (Å²) < 4.78 is 10.6. The van der Waals surface area contributed by atoms with Gasteiger partial charge in [-0.25, -0.2) is 9.98 Å². The van der Waals surface area contributed by atoms with Crippen molar-refractivity contribution >= 4 is 22.7 Å². The molecule has 1 aromatic heterocycles. The van der Waals surface area contributed by atoms with E-state index in [0.717, 1.165) is 33.5 Å². The standard InChI is InChI=1S/C17H12N2O2S/c1-2-4-13(5-3-1)14-10-22-17(19-14)18-9-12-6-7-15-16(8-12)21-11-20-15/h1-10H,11H2. The fourth-order valence-electron chi connectivity index (χ4n) is 2.19. The van der Waals surface area contributed by atoms with E-state index >= 15 is 0 Å². The van der Waals surface area contributed by atoms with Crippen molar-refractivity contribution in [3.8, 4) is 22.8 Å². The molecule has 0 aliphatic carbocycles. The quantitative estimate of drug-likeness (QED) is 0.678. The third kappa shape index (κ3) is 2.58. The Hall–Kier alpha value is -2.66. The molecule has 5 heteroatoms. The number of hydrogen-bond acceptors (Lipinski definition) is 5. The molecule has 0 unspecified atom stereocenters. The Labute approximate surface area is 131 Å². The first-order valence-corrected chi connectivity index (χ1v) is 7.71. The smallest absolute Gasteiger partial charge is 0.231 e. The van der Waals surface area contributed by atoms with E-state index in [1.807, 2.05) is 53.9 Å². The lowest BCUT2D eigenvalue weighted by atomic mass is 10.2. The molecule has 2 aromatic carbocycles. The zero-order valence-electron chi connectivity index (χ0n) is 11.6. The van der Waals surface area contributed by atoms with Crippen molar-refractivity contribution in [2.45, 2.75) is 0 Å². The number of hydrogen-bond donors (Lipinski definition) is 0. The van der Waals surface area contributed by atoms with E-state index in [1.54, 1.807) is 6.21 Å². The predicted octanol–water partition coefficient (Wildman–Crippen LogP) is 4.29. The highest BCUT2D eigenvalue weighted by Gasteiger charge is 2.12. The number of fused-ring (bicyclic) bond motifs is 1. The molecule has 0 saturated heterocycles. The highest BCUT2D eigenvalue weighted by molar-refractivity contribution is 7.13. The molecular weight excluding hydrogens is 296 g/mol. The van der Waals surface area contributed by atoms with Crippen molar-refractivity contribution in [1.29, 1.82) is 0 Å². The van der Waals surface area contributed by atoms with Gasteiger partial charge in [0, 0.05) is 17.2 Å². The minimum absolute atomic E-state index is 0.281. The van der Waals surface area contributed by atoms with E-state index < -0.39 is 0 Å². The van der Waals surface area contributed by atoms with Gasteiger partial charge < -0.3 is 9.47 Å². The third-order valence-corrected chi connectivity index (χ3v) is 4.03. The van der Waals surface area contributed by atoms with Gasteiger partial charge >= 0.3 is 0 Å². The summed E-state index contributed by atoms with van der Waals surface area (Å²) in [6.07, 6.45) is 1.79. The first-order valence-electron chi connectivity index (χ1n) is 6.83. The second-order valence-corrected chi connectivity index (χ2v) is 5.59. The monoisotopic (exact) mass is 308 g/mol. The SMILES string of the molecule is C(=Nc1nc(-c2ccccc2)cs1)c1ccc2c(c1)OCO2. The van der Waals surface area contributed by atoms with Gasteiger partial charge in [0.2, 0.25) is 11.9 Å². The zero-order valence-corrected chi connectivity index (χ0v) is 12.4. The van der Waals surface area contributed by atoms with Crippen molar-refractivity contribution in [1.82, 2.24) is 4.98 Å². The molecule has 0 fully saturated rings. The van der Waals surface area contributed by atoms with Crippen molar-refractivity contribution < 1.29 is 9.47 Å². The molecule has 0 N–H and O–H groups in total. The maximum Gasteiger partial charge on any atom is 0.231 e. The average molecular weight is 308 g/mol. The summed E-state index contributed by atoms with van der Waals surface area (Å²) in [5, 5.41) is 2.75. The molecule has 4 rings (SSSR count). The summed E-state index contributed by atoms with van der Waals surface area (Å²) in [6, 6.07) is 15.8. The summed E-state index contributed by atoms with van der Waals surface area (Å²) in [5.41, 5.74) is 3.01. The van der Waals surface area contributed by atoms with Gasteiger partial charge in [0.1, 0.15) is 0 Å². The van der Waals surface area contributed by atoms with Gasteiger partial charge in [-0.2, -0.15) is 0 Å². The maximum atomic E-state index is 5.36. The van der Waals surface area contributed by atoms with Crippen LogP contribution >= 0.6 is 11.3 Å². The van der Waals surface area contributed by atoms with Crippen molar-refractivity contribution in [2.24, 2.45) is 4.99 Å². The Balaban J connectivity index is 1.55. The normalized spacial score (nSPS) is 12.9. The van der Waals surface area contributed by atoms with Crippen LogP contribution in [0.5, 0.6) is 11.5 Å². The van der Waals surface area contributed by atoms with Crippen LogP contribution < -0.4 is 9.47 Å². The molecule has 2 heterocycles. The highest BCUT2D eigenvalue weighted by atomic mass is 32.1. The molecule has 0 bridgehead atoms. The number of benzene rings is 2. The zero-order chi connectivity index (χ0) is 14.8. The molecule has 108 valence electrons. The minimum Gasteiger partial charge on any atom is -0.454 e. The first kappa shape index (κ1) is 13.0. The fourth-order valence-corrected chi connectivity index (χ4v) is 2.86. The molecule has 4 nitrogen and oxygen atoms in total. The Morgan fingerprint density at radius 2 is 1.91 bits per heavy atom. The Morgan fingerprint density at radius 1 is 1.05 bits per heavy atom. The van der Waals surface area contributed by atoms with E-state index in [0.29, 0.717) is 0 Å². The predicted molar refractivity (Wildman–Crippen MR) is 87.4 cm³/mol. The van der Waals surface area contributed by atoms with Crippen LogP contribution in [-0.2, 0) is 0 Å². The van der Waals surface area contributed by atoms with Gasteiger partial charge in [-0.05, 0) is 23.8 Å². The van der Waals surface area contributed by atoms with Gasteiger partial charge in [-0.1, -0.05) is 30.3 Å². The van der Waals surface area contributed by atoms with Crippen LogP contribution in [0.25, 0.3) is 11.3 Å². The Morgan fingerprint density at radius 3 is 2.82 bits per heavy atom. The maximum absolute atomic E-state index is 5.36. The molecule has 1 aliphatic heterocycles. The summed E-state index contributed by atoms with van der Waals surface area (Å²) >= 11 is 1.52. The van der Waals surface area contributed by atoms with Gasteiger partial charge in [-0.3, -0.25) is 0 Å². The van der Waals surface area contributed by atoms with Crippen LogP contribution in [0.3, 0.4) is 0 Å². The number of aromatic nitrogens is 1. The molecule has 0 spiro atoms. The minimum atomic E-state index is 0.281. The van der Waals surface area contributed by atoms with Gasteiger partial charge in [-0.15, -0.1) is 11.3 Å². The second-order valence-electron chi connectivity index (χ2n) is 4.75. The first-order chi connectivity index (χ1) is 10.9. The molecule has 0 saturated carbocycles. The lowest BCUT2D eigenvalue weighted by Crippen LogP contribution is -1.92. The largest absolute Gasteiger partial charge is 0.454 e. The van der Waals surface area contributed by atoms with Crippen LogP contribution in [-0.4, -0.2) is 18.0 Å². The van der Waals surface area contributed by atoms with E-state index in [4.69, 9.17) is 9.47 Å². The summed E-state index contributed by atoms with van der Waals surface area (Å²) in [4.78, 5) is 8.97. The van der Waals surface area contributed by atoms with E-state index in [1.165, 1.54) is 11.3 Å². The molecule has 0 amide bonds. The number of rotatable bonds is 3. The lowest BCUT2D eigenvalue weighted by Gasteiger charge is -1.96. The average Bonchev–Trinajstić information content (AvgIpc) is 3.22. The fraction of sp³-hybridized carbons (Fsp3) is 0.0588. The van der Waals surface area contributed by atoms with Crippen molar-refractivity contribution in [3.05, 3.63) is 59.5 Å². The molecule has 3 aromatic rings. The number of thiazole rings is 1. The lowest BCUT2D eigenvalue weighted by molar-refractivity contribution is 0.174. The van der Waals surface area contributed by atoms with Gasteiger partial charge in [0.25, 0.3) is 0 Å². The summed E-state index contributed by atoms with van der Waals surface area (Å²) in [7, 11) is 0. The van der Waals surface area contributed by atoms with Crippen LogP contribution in [0.2, 0.25) is 0 Å². The second kappa shape index (κ2) is 5.61. The van der Waals surface area contributed by atoms with Crippen LogP contribution in [0.4, 0.5) is 5.13 Å². The number of ether oxygens (including phenoxy) is 2. The number of aliphatic imine (C=N–C) groups is 1. The van der Waals surface area contributed by atoms with Gasteiger partial charge in [0.15, 0.2) is 11.5 Å². The molecule has 0 radical (unpaired) electrons. The molecule has 22 heavy (non-hydrogen) atoms. The molecular formula is C17H12N2O2S. The van der Waals surface area contributed by atoms with E-state index in [-0.39, 0.29) is 6.79 Å². The Kier molecular flexibility index (Phi) is 3.33. The Bertz CT molecular complexity index is 828. The topological polar surface area (TPSA) is 43.7 Å². The molecule has 0 atom stereocenters. The highest BCUT2D eigenvalue weighted by Crippen LogP contribution is 2.32. The van der Waals surface area contributed by atoms with Crippen molar-refractivity contribution in [2.75, 3.05) is 6.79 Å². The summed E-state index contributed by atoms with van der Waals surface area (Å²) in [6.45, 7) is 0.281. The molecule has 1 aliphatic rings. The van der Waals surface area contributed by atoms with Gasteiger partial charge in [0.05, 0.1) is 5.69 Å².